The Morgan fingerprint density at radius 1 is 1.32 bits per heavy atom. The van der Waals surface area contributed by atoms with Crippen LogP contribution in [0.4, 0.5) is 5.69 Å². The fourth-order valence-electron chi connectivity index (χ4n) is 2.52. The van der Waals surface area contributed by atoms with E-state index in [0.717, 1.165) is 18.7 Å². The summed E-state index contributed by atoms with van der Waals surface area (Å²) in [4.78, 5) is 12.1. The second kappa shape index (κ2) is 7.11. The molecule has 2 N–H and O–H groups in total. The molecule has 1 heterocycles. The number of sulfonamides is 1. The Hall–Kier alpha value is -1.60. The first-order valence-corrected chi connectivity index (χ1v) is 9.16. The number of carbonyl (C=O) groups is 1. The number of carbonyl (C=O) groups excluding carboxylic acids is 1. The standard InChI is InChI=1S/C15H23N3O3S/c1-3-16-7-8-17-15(19)14-6-5-13(11-12(14)2)18-9-4-10-22(18,20)21/h5-6,11,16H,3-4,7-10H2,1-2H3,(H,17,19). The third-order valence-electron chi connectivity index (χ3n) is 3.68. The molecule has 0 unspecified atom stereocenters. The number of hydrogen-bond acceptors (Lipinski definition) is 4. The lowest BCUT2D eigenvalue weighted by Crippen LogP contribution is -2.32. The largest absolute Gasteiger partial charge is 0.351 e. The number of nitrogens with zero attached hydrogens (tertiary/aromatic N) is 1. The van der Waals surface area contributed by atoms with E-state index in [4.69, 9.17) is 0 Å². The molecule has 2 rings (SSSR count). The molecule has 1 amide bonds. The number of amides is 1. The van der Waals surface area contributed by atoms with E-state index in [9.17, 15) is 13.2 Å². The fourth-order valence-corrected chi connectivity index (χ4v) is 4.08. The molecule has 1 fully saturated rings. The van der Waals surface area contributed by atoms with E-state index < -0.39 is 10.0 Å². The molecule has 0 spiro atoms. The van der Waals surface area contributed by atoms with Crippen molar-refractivity contribution in [2.24, 2.45) is 0 Å². The summed E-state index contributed by atoms with van der Waals surface area (Å²) in [7, 11) is -3.19. The maximum atomic E-state index is 12.1. The first-order valence-electron chi connectivity index (χ1n) is 7.55. The van der Waals surface area contributed by atoms with Gasteiger partial charge in [-0.05, 0) is 43.7 Å². The second-order valence-electron chi connectivity index (χ2n) is 5.35. The van der Waals surface area contributed by atoms with E-state index in [1.165, 1.54) is 4.31 Å². The Morgan fingerprint density at radius 3 is 2.68 bits per heavy atom. The molecular weight excluding hydrogens is 302 g/mol. The van der Waals surface area contributed by atoms with Gasteiger partial charge in [0.05, 0.1) is 11.4 Å². The molecule has 0 saturated carbocycles. The van der Waals surface area contributed by atoms with E-state index in [2.05, 4.69) is 10.6 Å². The number of benzene rings is 1. The fraction of sp³-hybridized carbons (Fsp3) is 0.533. The van der Waals surface area contributed by atoms with Crippen LogP contribution in [-0.4, -0.2) is 46.3 Å². The molecule has 7 heteroatoms. The molecule has 1 aliphatic rings. The van der Waals surface area contributed by atoms with E-state index in [1.807, 2.05) is 13.8 Å². The number of anilines is 1. The van der Waals surface area contributed by atoms with Crippen molar-refractivity contribution in [2.75, 3.05) is 36.2 Å². The van der Waals surface area contributed by atoms with Crippen LogP contribution < -0.4 is 14.9 Å². The van der Waals surface area contributed by atoms with Crippen molar-refractivity contribution in [3.63, 3.8) is 0 Å². The highest BCUT2D eigenvalue weighted by Gasteiger charge is 2.28. The van der Waals surface area contributed by atoms with Crippen LogP contribution in [0, 0.1) is 6.92 Å². The van der Waals surface area contributed by atoms with Crippen LogP contribution in [0.25, 0.3) is 0 Å². The van der Waals surface area contributed by atoms with Crippen molar-refractivity contribution in [2.45, 2.75) is 20.3 Å². The summed E-state index contributed by atoms with van der Waals surface area (Å²) in [5.41, 5.74) is 2.00. The quantitative estimate of drug-likeness (QED) is 0.761. The van der Waals surface area contributed by atoms with Gasteiger partial charge in [0.1, 0.15) is 0 Å². The Kier molecular flexibility index (Phi) is 5.42. The van der Waals surface area contributed by atoms with E-state index in [1.54, 1.807) is 18.2 Å². The van der Waals surface area contributed by atoms with Gasteiger partial charge in [-0.15, -0.1) is 0 Å². The van der Waals surface area contributed by atoms with Crippen LogP contribution in [0.15, 0.2) is 18.2 Å². The molecule has 0 aliphatic carbocycles. The van der Waals surface area contributed by atoms with Gasteiger partial charge >= 0.3 is 0 Å². The number of hydrogen-bond donors (Lipinski definition) is 2. The van der Waals surface area contributed by atoms with Gasteiger partial charge in [0.25, 0.3) is 5.91 Å². The molecule has 1 saturated heterocycles. The maximum Gasteiger partial charge on any atom is 0.251 e. The highest BCUT2D eigenvalue weighted by atomic mass is 32.2. The molecule has 1 aromatic rings. The van der Waals surface area contributed by atoms with Crippen molar-refractivity contribution < 1.29 is 13.2 Å². The predicted molar refractivity (Wildman–Crippen MR) is 87.8 cm³/mol. The number of nitrogens with one attached hydrogen (secondary N) is 2. The first-order chi connectivity index (χ1) is 10.5. The third-order valence-corrected chi connectivity index (χ3v) is 5.55. The minimum atomic E-state index is -3.19. The Labute approximate surface area is 131 Å². The molecule has 6 nitrogen and oxygen atoms in total. The lowest BCUT2D eigenvalue weighted by atomic mass is 10.1. The van der Waals surface area contributed by atoms with Crippen molar-refractivity contribution in [3.05, 3.63) is 29.3 Å². The van der Waals surface area contributed by atoms with Crippen LogP contribution in [-0.2, 0) is 10.0 Å². The van der Waals surface area contributed by atoms with Gasteiger partial charge < -0.3 is 10.6 Å². The third kappa shape index (κ3) is 3.78. The lowest BCUT2D eigenvalue weighted by Gasteiger charge is -2.18. The summed E-state index contributed by atoms with van der Waals surface area (Å²) >= 11 is 0. The summed E-state index contributed by atoms with van der Waals surface area (Å²) in [5, 5.41) is 5.98. The second-order valence-corrected chi connectivity index (χ2v) is 7.36. The molecule has 0 aromatic heterocycles. The first kappa shape index (κ1) is 16.8. The van der Waals surface area contributed by atoms with Crippen LogP contribution in [0.3, 0.4) is 0 Å². The minimum Gasteiger partial charge on any atom is -0.351 e. The van der Waals surface area contributed by atoms with Crippen LogP contribution in [0.2, 0.25) is 0 Å². The summed E-state index contributed by atoms with van der Waals surface area (Å²) in [6.45, 7) is 6.51. The average molecular weight is 325 g/mol. The average Bonchev–Trinajstić information content (AvgIpc) is 2.82. The van der Waals surface area contributed by atoms with Crippen molar-refractivity contribution in [1.29, 1.82) is 0 Å². The van der Waals surface area contributed by atoms with Gasteiger partial charge in [0.2, 0.25) is 10.0 Å². The normalized spacial score (nSPS) is 16.7. The topological polar surface area (TPSA) is 78.5 Å². The van der Waals surface area contributed by atoms with Gasteiger partial charge in [-0.1, -0.05) is 6.92 Å². The zero-order valence-corrected chi connectivity index (χ0v) is 13.9. The molecule has 1 aliphatic heterocycles. The minimum absolute atomic E-state index is 0.133. The number of likely N-dealkylation sites (N-methyl/N-ethyl adjacent to an activating group) is 1. The molecule has 0 atom stereocenters. The number of rotatable bonds is 6. The Bertz CT molecular complexity index is 643. The zero-order valence-electron chi connectivity index (χ0n) is 13.1. The molecule has 22 heavy (non-hydrogen) atoms. The van der Waals surface area contributed by atoms with Crippen LogP contribution >= 0.6 is 0 Å². The molecule has 1 aromatic carbocycles. The number of aryl methyl sites for hydroxylation is 1. The van der Waals surface area contributed by atoms with Gasteiger partial charge in [0.15, 0.2) is 0 Å². The molecule has 0 radical (unpaired) electrons. The van der Waals surface area contributed by atoms with E-state index >= 15 is 0 Å². The van der Waals surface area contributed by atoms with Crippen LogP contribution in [0.1, 0.15) is 29.3 Å². The highest BCUT2D eigenvalue weighted by molar-refractivity contribution is 7.93. The summed E-state index contributed by atoms with van der Waals surface area (Å²) < 4.78 is 25.3. The maximum absolute atomic E-state index is 12.1. The Morgan fingerprint density at radius 2 is 2.09 bits per heavy atom. The summed E-state index contributed by atoms with van der Waals surface area (Å²) in [6.07, 6.45) is 0.647. The zero-order chi connectivity index (χ0) is 16.2. The molecular formula is C15H23N3O3S. The van der Waals surface area contributed by atoms with Gasteiger partial charge in [-0.3, -0.25) is 9.10 Å². The summed E-state index contributed by atoms with van der Waals surface area (Å²) in [5.74, 6) is 0.0600. The molecule has 122 valence electrons. The van der Waals surface area contributed by atoms with Crippen molar-refractivity contribution in [1.82, 2.24) is 10.6 Å². The van der Waals surface area contributed by atoms with Gasteiger partial charge in [-0.25, -0.2) is 8.42 Å². The van der Waals surface area contributed by atoms with E-state index in [-0.39, 0.29) is 11.7 Å². The van der Waals surface area contributed by atoms with Gasteiger partial charge in [0, 0.05) is 25.2 Å². The molecule has 0 bridgehead atoms. The summed E-state index contributed by atoms with van der Waals surface area (Å²) in [6, 6.07) is 5.16. The van der Waals surface area contributed by atoms with Gasteiger partial charge in [-0.2, -0.15) is 0 Å². The SMILES string of the molecule is CCNCCNC(=O)c1ccc(N2CCCS2(=O)=O)cc1C. The van der Waals surface area contributed by atoms with Crippen molar-refractivity contribution in [3.8, 4) is 0 Å². The highest BCUT2D eigenvalue weighted by Crippen LogP contribution is 2.26. The monoisotopic (exact) mass is 325 g/mol. The van der Waals surface area contributed by atoms with E-state index in [0.29, 0.717) is 30.8 Å². The Balaban J connectivity index is 2.08. The van der Waals surface area contributed by atoms with Crippen LogP contribution in [0.5, 0.6) is 0 Å². The predicted octanol–water partition coefficient (Wildman–Crippen LogP) is 0.874. The lowest BCUT2D eigenvalue weighted by molar-refractivity contribution is 0.0953. The smallest absolute Gasteiger partial charge is 0.251 e. The van der Waals surface area contributed by atoms with Crippen molar-refractivity contribution >= 4 is 21.6 Å².